The van der Waals surface area contributed by atoms with Gasteiger partial charge in [0.15, 0.2) is 5.11 Å². The van der Waals surface area contributed by atoms with Gasteiger partial charge in [0.2, 0.25) is 0 Å². The van der Waals surface area contributed by atoms with Gasteiger partial charge in [0, 0.05) is 5.69 Å². The molecule has 8 nitrogen and oxygen atoms in total. The lowest BCUT2D eigenvalue weighted by molar-refractivity contribution is -0.330. The second kappa shape index (κ2) is 6.11. The van der Waals surface area contributed by atoms with Crippen molar-refractivity contribution in [1.82, 2.24) is 5.32 Å². The first-order valence-corrected chi connectivity index (χ1v) is 8.40. The van der Waals surface area contributed by atoms with Crippen molar-refractivity contribution < 1.29 is 28.7 Å². The summed E-state index contributed by atoms with van der Waals surface area (Å²) in [6, 6.07) is 8.11. The highest BCUT2D eigenvalue weighted by molar-refractivity contribution is 7.80. The molecule has 0 radical (unpaired) electrons. The van der Waals surface area contributed by atoms with Gasteiger partial charge in [0.25, 0.3) is 0 Å². The summed E-state index contributed by atoms with van der Waals surface area (Å²) >= 11 is 4.63. The fourth-order valence-corrected chi connectivity index (χ4v) is 3.51. The van der Waals surface area contributed by atoms with Crippen LogP contribution in [0.2, 0.25) is 0 Å². The molecule has 0 aromatic heterocycles. The zero-order valence-corrected chi connectivity index (χ0v) is 11.8. The molecule has 19 heavy (non-hydrogen) atoms. The monoisotopic (exact) mass is 322 g/mol. The zero-order chi connectivity index (χ0) is 14.7. The molecule has 0 spiro atoms. The van der Waals surface area contributed by atoms with Crippen LogP contribution in [0, 0.1) is 0 Å². The van der Waals surface area contributed by atoms with E-state index in [2.05, 4.69) is 17.5 Å². The van der Waals surface area contributed by atoms with E-state index in [1.807, 2.05) is 0 Å². The van der Waals surface area contributed by atoms with Gasteiger partial charge in [-0.15, -0.1) is 0 Å². The second-order valence-electron chi connectivity index (χ2n) is 3.42. The molecule has 0 aliphatic rings. The van der Waals surface area contributed by atoms with E-state index in [9.17, 15) is 28.7 Å². The number of hydrogen-bond donors (Lipinski definition) is 2. The molecule has 2 N–H and O–H groups in total. The van der Waals surface area contributed by atoms with Crippen molar-refractivity contribution in [3.8, 4) is 0 Å². The third-order valence-corrected chi connectivity index (χ3v) is 5.26. The van der Waals surface area contributed by atoms with Gasteiger partial charge in [0.05, 0.1) is 5.52 Å². The molecular weight excluding hydrogens is 314 g/mol. The van der Waals surface area contributed by atoms with Crippen LogP contribution in [-0.2, 0) is 9.13 Å². The van der Waals surface area contributed by atoms with Crippen LogP contribution in [-0.4, -0.2) is 10.6 Å². The summed E-state index contributed by atoms with van der Waals surface area (Å²) in [4.78, 5) is 42.9. The summed E-state index contributed by atoms with van der Waals surface area (Å²) in [7, 11) is -11.4. The minimum absolute atomic E-state index is 0.428. The Hall–Kier alpha value is -0.790. The van der Waals surface area contributed by atoms with E-state index in [0.29, 0.717) is 5.69 Å². The molecule has 0 amide bonds. The smallest absolute Gasteiger partial charge is 0.171 e. The predicted octanol–water partition coefficient (Wildman–Crippen LogP) is -1.92. The van der Waals surface area contributed by atoms with E-state index < -0.39 is 25.8 Å². The highest BCUT2D eigenvalue weighted by Gasteiger charge is 2.18. The van der Waals surface area contributed by atoms with E-state index in [4.69, 9.17) is 0 Å². The Balaban J connectivity index is 2.79. The lowest BCUT2D eigenvalue weighted by atomic mass is 10.3. The van der Waals surface area contributed by atoms with Crippen molar-refractivity contribution in [2.45, 2.75) is 5.52 Å². The molecule has 11 heteroatoms. The number of thiocarbonyl (C=S) groups is 1. The molecule has 1 aromatic rings. The molecule has 0 heterocycles. The molecule has 0 atom stereocenters. The van der Waals surface area contributed by atoms with Gasteiger partial charge in [-0.1, -0.05) is 18.2 Å². The number of nitrogens with one attached hydrogen (secondary N) is 2. The van der Waals surface area contributed by atoms with Crippen molar-refractivity contribution >= 4 is 38.2 Å². The molecule has 0 aliphatic heterocycles. The molecule has 0 unspecified atom stereocenters. The summed E-state index contributed by atoms with van der Waals surface area (Å²) < 4.78 is 21.4. The SMILES string of the molecule is O=P([O-])([O-])C(NC(=S)Nc1ccccc1)P(=O)([O-])[O-]. The highest BCUT2D eigenvalue weighted by atomic mass is 32.1. The lowest BCUT2D eigenvalue weighted by Gasteiger charge is -2.49. The Kier molecular flexibility index (Phi) is 5.23. The number of hydrogen-bond acceptors (Lipinski definition) is 7. The summed E-state index contributed by atoms with van der Waals surface area (Å²) in [5.41, 5.74) is -2.39. The van der Waals surface area contributed by atoms with Gasteiger partial charge >= 0.3 is 0 Å². The molecule has 0 saturated carbocycles. The molecule has 0 bridgehead atoms. The van der Waals surface area contributed by atoms with Gasteiger partial charge in [-0.25, -0.2) is 0 Å². The van der Waals surface area contributed by atoms with Crippen LogP contribution in [0.5, 0.6) is 0 Å². The first-order chi connectivity index (χ1) is 8.60. The average Bonchev–Trinajstić information content (AvgIpc) is 2.24. The Bertz CT molecular complexity index is 519. The zero-order valence-electron chi connectivity index (χ0n) is 9.22. The normalized spacial score (nSPS) is 12.3. The molecule has 0 aliphatic carbocycles. The minimum Gasteiger partial charge on any atom is -0.809 e. The first-order valence-electron chi connectivity index (χ1n) is 4.77. The number of para-hydroxylation sites is 1. The van der Waals surface area contributed by atoms with Crippen LogP contribution in [0.3, 0.4) is 0 Å². The number of benzene rings is 1. The lowest BCUT2D eigenvalue weighted by Crippen LogP contribution is -2.47. The van der Waals surface area contributed by atoms with Crippen LogP contribution in [0.1, 0.15) is 0 Å². The van der Waals surface area contributed by atoms with Gasteiger partial charge in [-0.05, 0) is 39.5 Å². The van der Waals surface area contributed by atoms with Crippen LogP contribution >= 0.6 is 27.4 Å². The van der Waals surface area contributed by atoms with Gasteiger partial charge in [-0.2, -0.15) is 0 Å². The van der Waals surface area contributed by atoms with Crippen LogP contribution in [0.15, 0.2) is 30.3 Å². The summed E-state index contributed by atoms with van der Waals surface area (Å²) in [6.07, 6.45) is 0. The van der Waals surface area contributed by atoms with Gasteiger partial charge < -0.3 is 39.3 Å². The molecule has 0 fully saturated rings. The number of rotatable bonds is 4. The third kappa shape index (κ3) is 5.38. The van der Waals surface area contributed by atoms with E-state index in [-0.39, 0.29) is 0 Å². The van der Waals surface area contributed by atoms with Crippen molar-refractivity contribution in [2.75, 3.05) is 5.32 Å². The highest BCUT2D eigenvalue weighted by Crippen LogP contribution is 2.47. The van der Waals surface area contributed by atoms with Crippen molar-refractivity contribution in [3.63, 3.8) is 0 Å². The fraction of sp³-hybridized carbons (Fsp3) is 0.125. The second-order valence-corrected chi connectivity index (χ2v) is 7.43. The van der Waals surface area contributed by atoms with Crippen LogP contribution in [0.4, 0.5) is 5.69 Å². The van der Waals surface area contributed by atoms with Crippen LogP contribution in [0.25, 0.3) is 0 Å². The minimum atomic E-state index is -5.68. The maximum absolute atomic E-state index is 10.7. The topological polar surface area (TPSA) is 150 Å². The fourth-order valence-electron chi connectivity index (χ4n) is 1.14. The largest absolute Gasteiger partial charge is 0.809 e. The maximum Gasteiger partial charge on any atom is 0.171 e. The summed E-state index contributed by atoms with van der Waals surface area (Å²) in [6.45, 7) is 0. The number of anilines is 1. The standard InChI is InChI=1S/C8H12N2O6P2S/c11-17(12,13)8(18(14,15)16)10-7(19)9-6-4-2-1-3-5-6/h1-5,8H,(H2,9,10,19)(H2,11,12,13)(H2,14,15,16)/p-4. The summed E-state index contributed by atoms with van der Waals surface area (Å²) in [5, 5.41) is 3.67. The van der Waals surface area contributed by atoms with E-state index in [1.54, 1.807) is 35.6 Å². The quantitative estimate of drug-likeness (QED) is 0.477. The maximum atomic E-state index is 10.7. The Morgan fingerprint density at radius 1 is 1.05 bits per heavy atom. The van der Waals surface area contributed by atoms with Gasteiger partial charge in [0.1, 0.15) is 0 Å². The molecule has 0 saturated heterocycles. The summed E-state index contributed by atoms with van der Waals surface area (Å²) in [5.74, 6) is 0. The van der Waals surface area contributed by atoms with E-state index in [1.165, 1.54) is 0 Å². The Labute approximate surface area is 114 Å². The van der Waals surface area contributed by atoms with Crippen molar-refractivity contribution in [3.05, 3.63) is 30.3 Å². The molecule has 1 aromatic carbocycles. The Morgan fingerprint density at radius 2 is 1.53 bits per heavy atom. The van der Waals surface area contributed by atoms with Gasteiger partial charge in [-0.3, -0.25) is 0 Å². The molecule has 106 valence electrons. The van der Waals surface area contributed by atoms with Crippen molar-refractivity contribution in [2.24, 2.45) is 0 Å². The van der Waals surface area contributed by atoms with E-state index in [0.717, 1.165) is 0 Å². The molecular formula is C8H8N2O6P2S-4. The van der Waals surface area contributed by atoms with E-state index >= 15 is 0 Å². The predicted molar refractivity (Wildman–Crippen MR) is 64.8 cm³/mol. The third-order valence-electron chi connectivity index (χ3n) is 1.89. The first kappa shape index (κ1) is 16.3. The van der Waals surface area contributed by atoms with Crippen molar-refractivity contribution in [1.29, 1.82) is 0 Å². The molecule has 1 rings (SSSR count). The van der Waals surface area contributed by atoms with Crippen LogP contribution < -0.4 is 30.2 Å². The average molecular weight is 322 g/mol. The Morgan fingerprint density at radius 3 is 1.95 bits per heavy atom.